The molecule has 0 bridgehead atoms. The predicted molar refractivity (Wildman–Crippen MR) is 72.6 cm³/mol. The van der Waals surface area contributed by atoms with Crippen LogP contribution in [0.3, 0.4) is 0 Å². The Morgan fingerprint density at radius 2 is 2.16 bits per heavy atom. The van der Waals surface area contributed by atoms with Gasteiger partial charge in [0.1, 0.15) is 18.1 Å². The van der Waals surface area contributed by atoms with Gasteiger partial charge in [0.15, 0.2) is 5.76 Å². The molecule has 0 saturated carbocycles. The lowest BCUT2D eigenvalue weighted by Crippen LogP contribution is -2.16. The zero-order chi connectivity index (χ0) is 13.8. The van der Waals surface area contributed by atoms with Crippen LogP contribution in [0.5, 0.6) is 5.75 Å². The van der Waals surface area contributed by atoms with E-state index in [4.69, 9.17) is 20.8 Å². The molecule has 5 heteroatoms. The Morgan fingerprint density at radius 1 is 1.37 bits per heavy atom. The topological polar surface area (TPSA) is 51.5 Å². The van der Waals surface area contributed by atoms with Gasteiger partial charge in [-0.15, -0.1) is 0 Å². The third-order valence-electron chi connectivity index (χ3n) is 2.62. The van der Waals surface area contributed by atoms with Crippen molar-refractivity contribution < 1.29 is 13.9 Å². The Hall–Kier alpha value is -1.94. The molecule has 0 unspecified atom stereocenters. The molecular weight excluding hydrogens is 266 g/mol. The summed E-state index contributed by atoms with van der Waals surface area (Å²) in [5.74, 6) is 1.31. The molecular formula is C14H14ClNO3. The van der Waals surface area contributed by atoms with Gasteiger partial charge in [-0.05, 0) is 42.8 Å². The van der Waals surface area contributed by atoms with Crippen molar-refractivity contribution in [2.24, 2.45) is 0 Å². The predicted octanol–water partition coefficient (Wildman–Crippen LogP) is 3.18. The fraction of sp³-hybridized carbons (Fsp3) is 0.214. The van der Waals surface area contributed by atoms with E-state index in [-0.39, 0.29) is 18.3 Å². The standard InChI is InChI=1S/C14H14ClNO3/c1-9-7-10(3-5-12(9)15)18-8-11-4-6-13(19-11)14(17)16-2/h3-7H,8H2,1-2H3,(H,16,17). The molecule has 1 amide bonds. The van der Waals surface area contributed by atoms with Crippen LogP contribution in [0, 0.1) is 6.92 Å². The summed E-state index contributed by atoms with van der Waals surface area (Å²) >= 11 is 5.93. The Balaban J connectivity index is 2.00. The molecule has 0 saturated heterocycles. The summed E-state index contributed by atoms with van der Waals surface area (Å²) in [4.78, 5) is 11.3. The minimum absolute atomic E-state index is 0.256. The molecule has 4 nitrogen and oxygen atoms in total. The minimum atomic E-state index is -0.256. The molecule has 0 atom stereocenters. The Bertz CT molecular complexity index is 592. The molecule has 1 N–H and O–H groups in total. The molecule has 0 aliphatic rings. The van der Waals surface area contributed by atoms with E-state index in [0.717, 1.165) is 5.56 Å². The van der Waals surface area contributed by atoms with E-state index in [1.54, 1.807) is 31.3 Å². The van der Waals surface area contributed by atoms with Crippen molar-refractivity contribution in [3.63, 3.8) is 0 Å². The lowest BCUT2D eigenvalue weighted by Gasteiger charge is -2.06. The number of hydrogen-bond acceptors (Lipinski definition) is 3. The molecule has 0 spiro atoms. The number of amides is 1. The van der Waals surface area contributed by atoms with Crippen molar-refractivity contribution >= 4 is 17.5 Å². The number of nitrogens with one attached hydrogen (secondary N) is 1. The molecule has 1 aromatic carbocycles. The summed E-state index contributed by atoms with van der Waals surface area (Å²) in [6.45, 7) is 2.17. The van der Waals surface area contributed by atoms with Crippen molar-refractivity contribution in [1.82, 2.24) is 5.32 Å². The first-order chi connectivity index (χ1) is 9.10. The van der Waals surface area contributed by atoms with E-state index in [2.05, 4.69) is 5.32 Å². The highest BCUT2D eigenvalue weighted by Gasteiger charge is 2.09. The monoisotopic (exact) mass is 279 g/mol. The second-order valence-electron chi connectivity index (χ2n) is 4.04. The third-order valence-corrected chi connectivity index (χ3v) is 3.05. The number of hydrogen-bond donors (Lipinski definition) is 1. The number of ether oxygens (including phenoxy) is 1. The van der Waals surface area contributed by atoms with Gasteiger partial charge in [0.05, 0.1) is 0 Å². The highest BCUT2D eigenvalue weighted by atomic mass is 35.5. The first-order valence-corrected chi connectivity index (χ1v) is 6.17. The van der Waals surface area contributed by atoms with Crippen LogP contribution in [-0.2, 0) is 6.61 Å². The fourth-order valence-electron chi connectivity index (χ4n) is 1.56. The normalized spacial score (nSPS) is 10.3. The van der Waals surface area contributed by atoms with Crippen LogP contribution >= 0.6 is 11.6 Å². The van der Waals surface area contributed by atoms with Crippen LogP contribution in [0.25, 0.3) is 0 Å². The van der Waals surface area contributed by atoms with E-state index in [9.17, 15) is 4.79 Å². The Labute approximate surface area is 116 Å². The van der Waals surface area contributed by atoms with Crippen molar-refractivity contribution in [2.75, 3.05) is 7.05 Å². The highest BCUT2D eigenvalue weighted by Crippen LogP contribution is 2.22. The van der Waals surface area contributed by atoms with E-state index >= 15 is 0 Å². The smallest absolute Gasteiger partial charge is 0.286 e. The molecule has 19 heavy (non-hydrogen) atoms. The van der Waals surface area contributed by atoms with Crippen LogP contribution < -0.4 is 10.1 Å². The van der Waals surface area contributed by atoms with Crippen LogP contribution in [-0.4, -0.2) is 13.0 Å². The largest absolute Gasteiger partial charge is 0.486 e. The highest BCUT2D eigenvalue weighted by molar-refractivity contribution is 6.31. The van der Waals surface area contributed by atoms with Gasteiger partial charge < -0.3 is 14.5 Å². The molecule has 0 aliphatic heterocycles. The van der Waals surface area contributed by atoms with Gasteiger partial charge in [-0.2, -0.15) is 0 Å². The minimum Gasteiger partial charge on any atom is -0.486 e. The van der Waals surface area contributed by atoms with Crippen LogP contribution in [0.15, 0.2) is 34.7 Å². The van der Waals surface area contributed by atoms with E-state index in [0.29, 0.717) is 16.5 Å². The second-order valence-corrected chi connectivity index (χ2v) is 4.45. The fourth-order valence-corrected chi connectivity index (χ4v) is 1.68. The maximum Gasteiger partial charge on any atom is 0.286 e. The zero-order valence-electron chi connectivity index (χ0n) is 10.7. The van der Waals surface area contributed by atoms with Gasteiger partial charge in [-0.3, -0.25) is 4.79 Å². The molecule has 0 radical (unpaired) electrons. The summed E-state index contributed by atoms with van der Waals surface area (Å²) in [6, 6.07) is 8.76. The lowest BCUT2D eigenvalue weighted by atomic mass is 10.2. The molecule has 2 rings (SSSR count). The van der Waals surface area contributed by atoms with Crippen LogP contribution in [0.4, 0.5) is 0 Å². The number of benzene rings is 1. The summed E-state index contributed by atoms with van der Waals surface area (Å²) < 4.78 is 10.9. The van der Waals surface area contributed by atoms with E-state index in [1.807, 2.05) is 13.0 Å². The Morgan fingerprint density at radius 3 is 2.84 bits per heavy atom. The number of halogens is 1. The van der Waals surface area contributed by atoms with Crippen molar-refractivity contribution in [3.05, 3.63) is 52.4 Å². The SMILES string of the molecule is CNC(=O)c1ccc(COc2ccc(Cl)c(C)c2)o1. The van der Waals surface area contributed by atoms with Crippen molar-refractivity contribution in [3.8, 4) is 5.75 Å². The second kappa shape index (κ2) is 5.80. The molecule has 1 heterocycles. The van der Waals surface area contributed by atoms with Gasteiger partial charge in [0, 0.05) is 12.1 Å². The zero-order valence-corrected chi connectivity index (χ0v) is 11.5. The molecule has 0 aliphatic carbocycles. The number of furan rings is 1. The maximum absolute atomic E-state index is 11.3. The number of carbonyl (C=O) groups excluding carboxylic acids is 1. The maximum atomic E-state index is 11.3. The molecule has 0 fully saturated rings. The number of rotatable bonds is 4. The molecule has 1 aromatic heterocycles. The van der Waals surface area contributed by atoms with Crippen molar-refractivity contribution in [1.29, 1.82) is 0 Å². The van der Waals surface area contributed by atoms with Gasteiger partial charge in [-0.25, -0.2) is 0 Å². The third kappa shape index (κ3) is 3.29. The van der Waals surface area contributed by atoms with Gasteiger partial charge in [0.25, 0.3) is 5.91 Å². The number of carbonyl (C=O) groups is 1. The average Bonchev–Trinajstić information content (AvgIpc) is 2.88. The number of aryl methyl sites for hydroxylation is 1. The lowest BCUT2D eigenvalue weighted by molar-refractivity contribution is 0.0931. The first-order valence-electron chi connectivity index (χ1n) is 5.80. The average molecular weight is 280 g/mol. The van der Waals surface area contributed by atoms with Gasteiger partial charge >= 0.3 is 0 Å². The van der Waals surface area contributed by atoms with Crippen LogP contribution in [0.2, 0.25) is 5.02 Å². The summed E-state index contributed by atoms with van der Waals surface area (Å²) in [5.41, 5.74) is 0.949. The Kier molecular flexibility index (Phi) is 4.12. The van der Waals surface area contributed by atoms with E-state index in [1.165, 1.54) is 0 Å². The molecule has 100 valence electrons. The van der Waals surface area contributed by atoms with Gasteiger partial charge in [-0.1, -0.05) is 11.6 Å². The quantitative estimate of drug-likeness (QED) is 0.935. The summed E-state index contributed by atoms with van der Waals surface area (Å²) in [5, 5.41) is 3.20. The van der Waals surface area contributed by atoms with E-state index < -0.39 is 0 Å². The summed E-state index contributed by atoms with van der Waals surface area (Å²) in [6.07, 6.45) is 0. The molecule has 2 aromatic rings. The summed E-state index contributed by atoms with van der Waals surface area (Å²) in [7, 11) is 1.55. The van der Waals surface area contributed by atoms with Crippen LogP contribution in [0.1, 0.15) is 21.9 Å². The first kappa shape index (κ1) is 13.5. The van der Waals surface area contributed by atoms with Crippen molar-refractivity contribution in [2.45, 2.75) is 13.5 Å². The van der Waals surface area contributed by atoms with Gasteiger partial charge in [0.2, 0.25) is 0 Å².